The van der Waals surface area contributed by atoms with Crippen LogP contribution in [0.5, 0.6) is 0 Å². The van der Waals surface area contributed by atoms with Crippen molar-refractivity contribution < 1.29 is 8.42 Å². The molecule has 2 atom stereocenters. The van der Waals surface area contributed by atoms with Gasteiger partial charge in [-0.3, -0.25) is 4.99 Å². The number of aryl methyl sites for hydroxylation is 1. The van der Waals surface area contributed by atoms with E-state index < -0.39 is 16.1 Å². The largest absolute Gasteiger partial charge is 0.265 e. The summed E-state index contributed by atoms with van der Waals surface area (Å²) in [6, 6.07) is 26.0. The number of benzene rings is 3. The average Bonchev–Trinajstić information content (AvgIpc) is 3.49. The Bertz CT molecular complexity index is 1280. The van der Waals surface area contributed by atoms with Gasteiger partial charge in [-0.25, -0.2) is 12.7 Å². The Labute approximate surface area is 189 Å². The van der Waals surface area contributed by atoms with Crippen LogP contribution < -0.4 is 0 Å². The van der Waals surface area contributed by atoms with E-state index in [1.165, 1.54) is 0 Å². The van der Waals surface area contributed by atoms with Gasteiger partial charge in [-0.2, -0.15) is 0 Å². The highest BCUT2D eigenvalue weighted by Gasteiger charge is 2.46. The second kappa shape index (κ2) is 8.24. The molecule has 0 fully saturated rings. The fourth-order valence-electron chi connectivity index (χ4n) is 4.35. The molecule has 3 aromatic carbocycles. The van der Waals surface area contributed by atoms with Gasteiger partial charge in [0.15, 0.2) is 0 Å². The van der Waals surface area contributed by atoms with Crippen LogP contribution in [0.25, 0.3) is 0 Å². The van der Waals surface area contributed by atoms with E-state index in [1.807, 2.05) is 104 Å². The van der Waals surface area contributed by atoms with Gasteiger partial charge >= 0.3 is 0 Å². The summed E-state index contributed by atoms with van der Waals surface area (Å²) in [5.41, 5.74) is 2.93. The molecular formula is C27H24N2O2S. The number of aliphatic imine (C=N–C) groups is 1. The summed E-state index contributed by atoms with van der Waals surface area (Å²) in [4.78, 5) is 5.32. The van der Waals surface area contributed by atoms with Crippen molar-refractivity contribution in [2.75, 3.05) is 0 Å². The van der Waals surface area contributed by atoms with Crippen LogP contribution in [-0.2, 0) is 10.0 Å². The molecule has 3 aromatic rings. The first-order valence-corrected chi connectivity index (χ1v) is 12.1. The van der Waals surface area contributed by atoms with Crippen molar-refractivity contribution in [1.82, 2.24) is 4.31 Å². The molecule has 0 radical (unpaired) electrons. The van der Waals surface area contributed by atoms with Crippen molar-refractivity contribution in [2.24, 2.45) is 10.9 Å². The van der Waals surface area contributed by atoms with Crippen LogP contribution in [0.4, 0.5) is 0 Å². The van der Waals surface area contributed by atoms with Crippen molar-refractivity contribution in [3.8, 4) is 0 Å². The van der Waals surface area contributed by atoms with Crippen LogP contribution in [0, 0.1) is 12.8 Å². The van der Waals surface area contributed by atoms with Crippen molar-refractivity contribution in [2.45, 2.75) is 23.9 Å². The summed E-state index contributed by atoms with van der Waals surface area (Å²) in [6.45, 7) is 1.95. The van der Waals surface area contributed by atoms with Gasteiger partial charge in [0.2, 0.25) is 0 Å². The summed E-state index contributed by atoms with van der Waals surface area (Å²) < 4.78 is 29.7. The lowest BCUT2D eigenvalue weighted by Gasteiger charge is -2.31. The molecule has 1 aliphatic carbocycles. The Hall–Kier alpha value is -3.44. The van der Waals surface area contributed by atoms with Crippen LogP contribution >= 0.6 is 0 Å². The summed E-state index contributed by atoms with van der Waals surface area (Å²) >= 11 is 0. The van der Waals surface area contributed by atoms with E-state index in [0.29, 0.717) is 5.84 Å². The first-order valence-electron chi connectivity index (χ1n) is 10.7. The van der Waals surface area contributed by atoms with Gasteiger partial charge in [0.25, 0.3) is 10.0 Å². The minimum absolute atomic E-state index is 0.185. The molecule has 0 amide bonds. The van der Waals surface area contributed by atoms with E-state index in [-0.39, 0.29) is 16.9 Å². The predicted molar refractivity (Wildman–Crippen MR) is 128 cm³/mol. The number of hydrogen-bond acceptors (Lipinski definition) is 3. The summed E-state index contributed by atoms with van der Waals surface area (Å²) in [6.07, 6.45) is 7.87. The summed E-state index contributed by atoms with van der Waals surface area (Å²) in [5.74, 6) is 0.369. The quantitative estimate of drug-likeness (QED) is 0.517. The third kappa shape index (κ3) is 3.59. The SMILES string of the molecule is Cc1ccc(S(=O)(=O)N2C(C3C=CC=C3)=N[C@H](c3ccccc3)[C@H]2c2ccccc2)cc1. The maximum atomic E-state index is 14.1. The van der Waals surface area contributed by atoms with E-state index in [2.05, 4.69) is 0 Å². The number of hydrogen-bond donors (Lipinski definition) is 0. The topological polar surface area (TPSA) is 49.7 Å². The van der Waals surface area contributed by atoms with Crippen molar-refractivity contribution >= 4 is 15.9 Å². The second-order valence-electron chi connectivity index (χ2n) is 8.11. The maximum absolute atomic E-state index is 14.1. The Morgan fingerprint density at radius 1 is 0.750 bits per heavy atom. The van der Waals surface area contributed by atoms with Crippen LogP contribution in [0.3, 0.4) is 0 Å². The zero-order chi connectivity index (χ0) is 22.1. The van der Waals surface area contributed by atoms with Crippen molar-refractivity contribution in [1.29, 1.82) is 0 Å². The minimum atomic E-state index is -3.85. The van der Waals surface area contributed by atoms with Gasteiger partial charge in [0, 0.05) is 0 Å². The van der Waals surface area contributed by atoms with Crippen molar-refractivity contribution in [3.05, 3.63) is 126 Å². The lowest BCUT2D eigenvalue weighted by atomic mass is 9.95. The highest BCUT2D eigenvalue weighted by molar-refractivity contribution is 7.89. The molecule has 0 saturated heterocycles. The molecule has 0 N–H and O–H groups in total. The lowest BCUT2D eigenvalue weighted by molar-refractivity contribution is 0.415. The van der Waals surface area contributed by atoms with Gasteiger partial charge in [-0.05, 0) is 30.2 Å². The van der Waals surface area contributed by atoms with Gasteiger partial charge < -0.3 is 0 Å². The highest BCUT2D eigenvalue weighted by atomic mass is 32.2. The molecule has 5 rings (SSSR count). The number of sulfonamides is 1. The predicted octanol–water partition coefficient (Wildman–Crippen LogP) is 5.62. The lowest BCUT2D eigenvalue weighted by Crippen LogP contribution is -2.39. The molecule has 32 heavy (non-hydrogen) atoms. The third-order valence-corrected chi connectivity index (χ3v) is 7.75. The molecule has 4 nitrogen and oxygen atoms in total. The number of nitrogens with zero attached hydrogens (tertiary/aromatic N) is 2. The molecule has 160 valence electrons. The normalized spacial score (nSPS) is 20.7. The molecule has 1 aliphatic heterocycles. The maximum Gasteiger partial charge on any atom is 0.265 e. The monoisotopic (exact) mass is 440 g/mol. The van der Waals surface area contributed by atoms with Gasteiger partial charge in [-0.15, -0.1) is 0 Å². The first kappa shape index (κ1) is 20.5. The van der Waals surface area contributed by atoms with Crippen molar-refractivity contribution in [3.63, 3.8) is 0 Å². The molecule has 2 aliphatic rings. The van der Waals surface area contributed by atoms with Crippen LogP contribution in [-0.4, -0.2) is 18.6 Å². The third-order valence-electron chi connectivity index (χ3n) is 5.96. The first-order chi connectivity index (χ1) is 15.6. The number of allylic oxidation sites excluding steroid dienone is 2. The summed E-state index contributed by atoms with van der Waals surface area (Å²) in [5, 5.41) is 0. The number of rotatable bonds is 5. The fraction of sp³-hybridized carbons (Fsp3) is 0.148. The van der Waals surface area contributed by atoms with Gasteiger partial charge in [0.1, 0.15) is 11.9 Å². The van der Waals surface area contributed by atoms with Gasteiger partial charge in [0.05, 0.1) is 16.9 Å². The molecule has 0 bridgehead atoms. The molecule has 0 unspecified atom stereocenters. The Morgan fingerprint density at radius 2 is 1.31 bits per heavy atom. The van der Waals surface area contributed by atoms with E-state index >= 15 is 0 Å². The fourth-order valence-corrected chi connectivity index (χ4v) is 6.01. The van der Waals surface area contributed by atoms with E-state index in [0.717, 1.165) is 16.7 Å². The summed E-state index contributed by atoms with van der Waals surface area (Å²) in [7, 11) is -3.85. The Morgan fingerprint density at radius 3 is 1.91 bits per heavy atom. The smallest absolute Gasteiger partial charge is 0.260 e. The molecule has 0 saturated carbocycles. The molecule has 0 spiro atoms. The van der Waals surface area contributed by atoms with Crippen LogP contribution in [0.2, 0.25) is 0 Å². The molecule has 5 heteroatoms. The Balaban J connectivity index is 1.71. The zero-order valence-electron chi connectivity index (χ0n) is 17.7. The molecule has 0 aromatic heterocycles. The number of amidine groups is 1. The Kier molecular flexibility index (Phi) is 5.27. The molecular weight excluding hydrogens is 416 g/mol. The molecule has 1 heterocycles. The van der Waals surface area contributed by atoms with Crippen LogP contribution in [0.15, 0.2) is 119 Å². The highest BCUT2D eigenvalue weighted by Crippen LogP contribution is 2.46. The zero-order valence-corrected chi connectivity index (χ0v) is 18.6. The average molecular weight is 441 g/mol. The van der Waals surface area contributed by atoms with E-state index in [1.54, 1.807) is 16.4 Å². The minimum Gasteiger partial charge on any atom is -0.260 e. The standard InChI is InChI=1S/C27H24N2O2S/c1-20-16-18-24(19-17-20)32(30,31)29-26(22-12-6-3-7-13-22)25(21-10-4-2-5-11-21)28-27(29)23-14-8-9-15-23/h2-19,23,25-26H,1H3/t25-,26-/m1/s1. The van der Waals surface area contributed by atoms with Gasteiger partial charge in [-0.1, -0.05) is 103 Å². The van der Waals surface area contributed by atoms with Crippen LogP contribution in [0.1, 0.15) is 28.8 Å². The second-order valence-corrected chi connectivity index (χ2v) is 9.92. The van der Waals surface area contributed by atoms with E-state index in [9.17, 15) is 8.42 Å². The van der Waals surface area contributed by atoms with E-state index in [4.69, 9.17) is 4.99 Å².